The Hall–Kier alpha value is -1.27. The molecule has 0 saturated carbocycles. The molecule has 0 radical (unpaired) electrons. The number of carbonyl (C=O) groups is 1. The Bertz CT molecular complexity index is 378. The van der Waals surface area contributed by atoms with Crippen LogP contribution in [0.4, 0.5) is 13.2 Å². The molecule has 96 valence electrons. The van der Waals surface area contributed by atoms with E-state index in [9.17, 15) is 18.0 Å². The smallest absolute Gasteiger partial charge is 0.251 e. The molecule has 0 heterocycles. The number of amides is 1. The van der Waals surface area contributed by atoms with Crippen molar-refractivity contribution in [3.63, 3.8) is 0 Å². The first-order chi connectivity index (χ1) is 7.56. The van der Waals surface area contributed by atoms with Crippen molar-refractivity contribution in [2.75, 3.05) is 20.1 Å². The maximum atomic E-state index is 12.8. The van der Waals surface area contributed by atoms with Gasteiger partial charge in [-0.15, -0.1) is 12.4 Å². The largest absolute Gasteiger partial charge is 0.351 e. The van der Waals surface area contributed by atoms with E-state index in [2.05, 4.69) is 10.6 Å². The van der Waals surface area contributed by atoms with Gasteiger partial charge in [0.25, 0.3) is 5.91 Å². The molecule has 1 amide bonds. The topological polar surface area (TPSA) is 41.1 Å². The van der Waals surface area contributed by atoms with E-state index in [0.29, 0.717) is 25.2 Å². The lowest BCUT2D eigenvalue weighted by Gasteiger charge is -2.05. The average molecular weight is 269 g/mol. The van der Waals surface area contributed by atoms with Crippen molar-refractivity contribution < 1.29 is 18.0 Å². The molecule has 2 N–H and O–H groups in total. The van der Waals surface area contributed by atoms with E-state index in [1.54, 1.807) is 7.05 Å². The summed E-state index contributed by atoms with van der Waals surface area (Å²) in [5.41, 5.74) is -0.243. The van der Waals surface area contributed by atoms with E-state index >= 15 is 0 Å². The van der Waals surface area contributed by atoms with Crippen LogP contribution in [0.15, 0.2) is 12.1 Å². The van der Waals surface area contributed by atoms with Gasteiger partial charge in [0.1, 0.15) is 0 Å². The van der Waals surface area contributed by atoms with Gasteiger partial charge in [0.15, 0.2) is 17.5 Å². The Morgan fingerprint density at radius 3 is 2.18 bits per heavy atom. The van der Waals surface area contributed by atoms with Gasteiger partial charge in [0.05, 0.1) is 0 Å². The minimum atomic E-state index is -1.58. The van der Waals surface area contributed by atoms with Crippen molar-refractivity contribution in [2.24, 2.45) is 0 Å². The SMILES string of the molecule is CNCCNC(=O)c1cc(F)c(F)c(F)c1.Cl. The third-order valence-corrected chi connectivity index (χ3v) is 1.91. The van der Waals surface area contributed by atoms with Gasteiger partial charge < -0.3 is 10.6 Å². The van der Waals surface area contributed by atoms with Crippen molar-refractivity contribution in [2.45, 2.75) is 0 Å². The fourth-order valence-corrected chi connectivity index (χ4v) is 1.09. The second-order valence-electron chi connectivity index (χ2n) is 3.11. The minimum Gasteiger partial charge on any atom is -0.351 e. The number of hydrogen-bond donors (Lipinski definition) is 2. The standard InChI is InChI=1S/C10H11F3N2O.ClH/c1-14-2-3-15-10(16)6-4-7(11)9(13)8(12)5-6;/h4-5,14H,2-3H2,1H3,(H,15,16);1H. The Kier molecular flexibility index (Phi) is 6.60. The summed E-state index contributed by atoms with van der Waals surface area (Å²) >= 11 is 0. The zero-order valence-corrected chi connectivity index (χ0v) is 9.84. The van der Waals surface area contributed by atoms with E-state index in [1.165, 1.54) is 0 Å². The summed E-state index contributed by atoms with van der Waals surface area (Å²) in [5, 5.41) is 5.20. The highest BCUT2D eigenvalue weighted by molar-refractivity contribution is 5.94. The fourth-order valence-electron chi connectivity index (χ4n) is 1.09. The summed E-state index contributed by atoms with van der Waals surface area (Å²) in [6, 6.07) is 1.32. The van der Waals surface area contributed by atoms with Crippen molar-refractivity contribution >= 4 is 18.3 Å². The zero-order chi connectivity index (χ0) is 12.1. The second kappa shape index (κ2) is 7.13. The molecule has 0 spiro atoms. The van der Waals surface area contributed by atoms with E-state index in [4.69, 9.17) is 0 Å². The summed E-state index contributed by atoms with van der Waals surface area (Å²) in [6.07, 6.45) is 0. The van der Waals surface area contributed by atoms with Crippen molar-refractivity contribution in [3.8, 4) is 0 Å². The van der Waals surface area contributed by atoms with Gasteiger partial charge in [0.2, 0.25) is 0 Å². The van der Waals surface area contributed by atoms with E-state index in [0.717, 1.165) is 0 Å². The first kappa shape index (κ1) is 15.7. The molecule has 0 atom stereocenters. The fraction of sp³-hybridized carbons (Fsp3) is 0.300. The van der Waals surface area contributed by atoms with Gasteiger partial charge in [-0.2, -0.15) is 0 Å². The predicted molar refractivity (Wildman–Crippen MR) is 59.8 cm³/mol. The molecule has 7 heteroatoms. The van der Waals surface area contributed by atoms with Gasteiger partial charge in [-0.05, 0) is 19.2 Å². The van der Waals surface area contributed by atoms with Crippen molar-refractivity contribution in [3.05, 3.63) is 35.1 Å². The lowest BCUT2D eigenvalue weighted by molar-refractivity contribution is 0.0953. The number of hydrogen-bond acceptors (Lipinski definition) is 2. The molecule has 0 aromatic heterocycles. The van der Waals surface area contributed by atoms with Gasteiger partial charge in [-0.3, -0.25) is 4.79 Å². The summed E-state index contributed by atoms with van der Waals surface area (Å²) < 4.78 is 38.2. The van der Waals surface area contributed by atoms with Crippen LogP contribution in [0.25, 0.3) is 0 Å². The first-order valence-electron chi connectivity index (χ1n) is 4.63. The molecule has 0 bridgehead atoms. The van der Waals surface area contributed by atoms with E-state index < -0.39 is 23.4 Å². The van der Waals surface area contributed by atoms with E-state index in [-0.39, 0.29) is 18.0 Å². The van der Waals surface area contributed by atoms with E-state index in [1.807, 2.05) is 0 Å². The molecular weight excluding hydrogens is 257 g/mol. The molecular formula is C10H12ClF3N2O. The molecule has 0 unspecified atom stereocenters. The highest BCUT2D eigenvalue weighted by Crippen LogP contribution is 2.13. The highest BCUT2D eigenvalue weighted by Gasteiger charge is 2.14. The second-order valence-corrected chi connectivity index (χ2v) is 3.11. The maximum Gasteiger partial charge on any atom is 0.251 e. The number of benzene rings is 1. The molecule has 0 aliphatic carbocycles. The van der Waals surface area contributed by atoms with Gasteiger partial charge >= 0.3 is 0 Å². The first-order valence-corrected chi connectivity index (χ1v) is 4.63. The molecule has 1 aromatic carbocycles. The van der Waals surface area contributed by atoms with Gasteiger partial charge in [-0.1, -0.05) is 0 Å². The van der Waals surface area contributed by atoms with Gasteiger partial charge in [-0.25, -0.2) is 13.2 Å². The predicted octanol–water partition coefficient (Wildman–Crippen LogP) is 1.47. The molecule has 0 aliphatic heterocycles. The summed E-state index contributed by atoms with van der Waals surface area (Å²) in [7, 11) is 1.70. The van der Waals surface area contributed by atoms with Crippen LogP contribution in [0.2, 0.25) is 0 Å². The molecule has 3 nitrogen and oxygen atoms in total. The summed E-state index contributed by atoms with van der Waals surface area (Å²) in [5.74, 6) is -4.97. The number of halogens is 4. The van der Waals surface area contributed by atoms with Crippen LogP contribution in [0, 0.1) is 17.5 Å². The van der Waals surface area contributed by atoms with Crippen LogP contribution in [0.3, 0.4) is 0 Å². The van der Waals surface area contributed by atoms with Gasteiger partial charge in [0, 0.05) is 18.7 Å². The van der Waals surface area contributed by atoms with Crippen LogP contribution in [-0.2, 0) is 0 Å². The lowest BCUT2D eigenvalue weighted by Crippen LogP contribution is -2.30. The van der Waals surface area contributed by atoms with Crippen LogP contribution in [0.1, 0.15) is 10.4 Å². The Balaban J connectivity index is 0.00000256. The Morgan fingerprint density at radius 1 is 1.18 bits per heavy atom. The highest BCUT2D eigenvalue weighted by atomic mass is 35.5. The monoisotopic (exact) mass is 268 g/mol. The average Bonchev–Trinajstić information content (AvgIpc) is 2.25. The number of nitrogens with one attached hydrogen (secondary N) is 2. The summed E-state index contributed by atoms with van der Waals surface area (Å²) in [6.45, 7) is 0.841. The van der Waals surface area contributed by atoms with Crippen LogP contribution < -0.4 is 10.6 Å². The normalized spacial score (nSPS) is 9.65. The molecule has 0 aliphatic rings. The van der Waals surface area contributed by atoms with Crippen molar-refractivity contribution in [1.82, 2.24) is 10.6 Å². The molecule has 0 saturated heterocycles. The quantitative estimate of drug-likeness (QED) is 0.641. The third kappa shape index (κ3) is 4.24. The molecule has 17 heavy (non-hydrogen) atoms. The molecule has 1 rings (SSSR count). The van der Waals surface area contributed by atoms with Crippen LogP contribution in [0.5, 0.6) is 0 Å². The van der Waals surface area contributed by atoms with Crippen molar-refractivity contribution in [1.29, 1.82) is 0 Å². The maximum absolute atomic E-state index is 12.8. The summed E-state index contributed by atoms with van der Waals surface area (Å²) in [4.78, 5) is 11.3. The number of likely N-dealkylation sites (N-methyl/N-ethyl adjacent to an activating group) is 1. The minimum absolute atomic E-state index is 0. The Labute approximate surface area is 103 Å². The van der Waals surface area contributed by atoms with Crippen LogP contribution in [-0.4, -0.2) is 26.0 Å². The number of rotatable bonds is 4. The Morgan fingerprint density at radius 2 is 1.71 bits per heavy atom. The lowest BCUT2D eigenvalue weighted by atomic mass is 10.2. The third-order valence-electron chi connectivity index (χ3n) is 1.91. The zero-order valence-electron chi connectivity index (χ0n) is 9.02. The number of carbonyl (C=O) groups excluding carboxylic acids is 1. The molecule has 0 fully saturated rings. The molecule has 1 aromatic rings. The van der Waals surface area contributed by atoms with Crippen LogP contribution >= 0.6 is 12.4 Å².